The molecule has 1 rings (SSSR count). The van der Waals surface area contributed by atoms with Gasteiger partial charge < -0.3 is 9.52 Å². The Morgan fingerprint density at radius 3 is 2.69 bits per heavy atom. The number of furan rings is 1. The van der Waals surface area contributed by atoms with Crippen molar-refractivity contribution in [1.29, 1.82) is 0 Å². The Morgan fingerprint density at radius 2 is 2.12 bits per heavy atom. The summed E-state index contributed by atoms with van der Waals surface area (Å²) in [6.07, 6.45) is 2.52. The Morgan fingerprint density at radius 1 is 1.44 bits per heavy atom. The van der Waals surface area contributed by atoms with Gasteiger partial charge in [0.25, 0.3) is 0 Å². The lowest BCUT2D eigenvalue weighted by atomic mass is 10.3. The second kappa shape index (κ2) is 6.12. The largest absolute Gasteiger partial charge is 0.478 e. The minimum absolute atomic E-state index is 0.574. The molecular weight excluding hydrogens is 206 g/mol. The van der Waals surface area contributed by atoms with Crippen molar-refractivity contribution >= 4 is 12.0 Å². The molecule has 0 aliphatic rings. The number of carbonyl (C=O) groups is 1. The van der Waals surface area contributed by atoms with E-state index in [1.165, 1.54) is 6.08 Å². The lowest BCUT2D eigenvalue weighted by Gasteiger charge is -2.15. The van der Waals surface area contributed by atoms with E-state index in [-0.39, 0.29) is 0 Å². The van der Waals surface area contributed by atoms with Crippen molar-refractivity contribution in [2.24, 2.45) is 0 Å². The summed E-state index contributed by atoms with van der Waals surface area (Å²) in [5.41, 5.74) is 0. The van der Waals surface area contributed by atoms with Crippen LogP contribution in [0.2, 0.25) is 0 Å². The van der Waals surface area contributed by atoms with Gasteiger partial charge in [0.2, 0.25) is 0 Å². The third-order valence-corrected chi connectivity index (χ3v) is 2.35. The van der Waals surface area contributed by atoms with Crippen LogP contribution in [0.5, 0.6) is 0 Å². The van der Waals surface area contributed by atoms with Crippen molar-refractivity contribution in [3.05, 3.63) is 29.7 Å². The molecular formula is C12H17NO3. The summed E-state index contributed by atoms with van der Waals surface area (Å²) in [5, 5.41) is 8.47. The van der Waals surface area contributed by atoms with Crippen LogP contribution in [0.15, 0.2) is 22.6 Å². The highest BCUT2D eigenvalue weighted by Crippen LogP contribution is 2.11. The Balaban J connectivity index is 2.60. The fourth-order valence-electron chi connectivity index (χ4n) is 1.39. The van der Waals surface area contributed by atoms with E-state index in [1.54, 1.807) is 6.07 Å². The van der Waals surface area contributed by atoms with E-state index in [0.717, 1.165) is 31.5 Å². The van der Waals surface area contributed by atoms with Crippen LogP contribution in [0.3, 0.4) is 0 Å². The summed E-state index contributed by atoms with van der Waals surface area (Å²) >= 11 is 0. The molecule has 0 fully saturated rings. The van der Waals surface area contributed by atoms with Gasteiger partial charge in [-0.2, -0.15) is 0 Å². The Labute approximate surface area is 95.2 Å². The molecule has 0 radical (unpaired) electrons. The van der Waals surface area contributed by atoms with Gasteiger partial charge in [-0.1, -0.05) is 13.8 Å². The fourth-order valence-corrected chi connectivity index (χ4v) is 1.39. The van der Waals surface area contributed by atoms with Crippen LogP contribution >= 0.6 is 0 Å². The summed E-state index contributed by atoms with van der Waals surface area (Å²) in [7, 11) is 0. The molecule has 0 unspecified atom stereocenters. The maximum Gasteiger partial charge on any atom is 0.328 e. The normalized spacial score (nSPS) is 11.4. The highest BCUT2D eigenvalue weighted by Gasteiger charge is 2.04. The van der Waals surface area contributed by atoms with Gasteiger partial charge in [0.15, 0.2) is 0 Å². The van der Waals surface area contributed by atoms with E-state index < -0.39 is 5.97 Å². The molecule has 1 N–H and O–H groups in total. The molecule has 1 aromatic heterocycles. The number of hydrogen-bond donors (Lipinski definition) is 1. The first kappa shape index (κ1) is 12.5. The van der Waals surface area contributed by atoms with E-state index in [9.17, 15) is 4.79 Å². The number of nitrogens with zero attached hydrogens (tertiary/aromatic N) is 1. The van der Waals surface area contributed by atoms with Crippen LogP contribution in [-0.2, 0) is 11.3 Å². The molecule has 16 heavy (non-hydrogen) atoms. The Kier molecular flexibility index (Phi) is 4.79. The molecule has 0 amide bonds. The van der Waals surface area contributed by atoms with Crippen molar-refractivity contribution < 1.29 is 14.3 Å². The van der Waals surface area contributed by atoms with Crippen molar-refractivity contribution in [2.45, 2.75) is 20.4 Å². The standard InChI is InChI=1S/C12H17NO3/c1-3-13(4-2)9-11-6-5-10(16-11)7-8-12(14)15/h5-8H,3-4,9H2,1-2H3,(H,14,15)/b8-7+. The zero-order chi connectivity index (χ0) is 12.0. The van der Waals surface area contributed by atoms with Crippen molar-refractivity contribution in [3.63, 3.8) is 0 Å². The lowest BCUT2D eigenvalue weighted by Crippen LogP contribution is -2.21. The van der Waals surface area contributed by atoms with Gasteiger partial charge >= 0.3 is 5.97 Å². The van der Waals surface area contributed by atoms with E-state index in [0.29, 0.717) is 5.76 Å². The van der Waals surface area contributed by atoms with Crippen molar-refractivity contribution in [1.82, 2.24) is 4.90 Å². The lowest BCUT2D eigenvalue weighted by molar-refractivity contribution is -0.131. The third kappa shape index (κ3) is 3.90. The molecule has 0 bridgehead atoms. The second-order valence-corrected chi connectivity index (χ2v) is 3.44. The van der Waals surface area contributed by atoms with E-state index in [4.69, 9.17) is 9.52 Å². The van der Waals surface area contributed by atoms with Crippen molar-refractivity contribution in [3.8, 4) is 0 Å². The molecule has 0 aromatic carbocycles. The fraction of sp³-hybridized carbons (Fsp3) is 0.417. The van der Waals surface area contributed by atoms with Crippen LogP contribution in [0.1, 0.15) is 25.4 Å². The molecule has 0 aliphatic heterocycles. The van der Waals surface area contributed by atoms with E-state index in [1.807, 2.05) is 6.07 Å². The highest BCUT2D eigenvalue weighted by molar-refractivity contribution is 5.84. The van der Waals surface area contributed by atoms with Crippen LogP contribution in [0, 0.1) is 0 Å². The molecule has 88 valence electrons. The molecule has 1 heterocycles. The maximum absolute atomic E-state index is 10.3. The monoisotopic (exact) mass is 223 g/mol. The molecule has 0 aliphatic carbocycles. The SMILES string of the molecule is CCN(CC)Cc1ccc(/C=C/C(=O)O)o1. The second-order valence-electron chi connectivity index (χ2n) is 3.44. The van der Waals surface area contributed by atoms with E-state index in [2.05, 4.69) is 18.7 Å². The summed E-state index contributed by atoms with van der Waals surface area (Å²) in [5.74, 6) is 0.458. The van der Waals surface area contributed by atoms with Gasteiger partial charge in [-0.3, -0.25) is 4.90 Å². The zero-order valence-corrected chi connectivity index (χ0v) is 9.64. The number of hydrogen-bond acceptors (Lipinski definition) is 3. The molecule has 0 atom stereocenters. The topological polar surface area (TPSA) is 53.7 Å². The average molecular weight is 223 g/mol. The van der Waals surface area contributed by atoms with Gasteiger partial charge in [-0.05, 0) is 31.3 Å². The van der Waals surface area contributed by atoms with Crippen LogP contribution in [0.25, 0.3) is 6.08 Å². The number of carboxylic acid groups (broad SMARTS) is 1. The number of rotatable bonds is 6. The van der Waals surface area contributed by atoms with Crippen molar-refractivity contribution in [2.75, 3.05) is 13.1 Å². The summed E-state index contributed by atoms with van der Waals surface area (Å²) < 4.78 is 5.48. The van der Waals surface area contributed by atoms with Gasteiger partial charge in [-0.25, -0.2) is 4.79 Å². The van der Waals surface area contributed by atoms with E-state index >= 15 is 0 Å². The molecule has 4 nitrogen and oxygen atoms in total. The first-order valence-electron chi connectivity index (χ1n) is 5.37. The minimum atomic E-state index is -0.971. The van der Waals surface area contributed by atoms with Gasteiger partial charge in [0.05, 0.1) is 6.54 Å². The Hall–Kier alpha value is -1.55. The van der Waals surface area contributed by atoms with Gasteiger partial charge in [0, 0.05) is 6.08 Å². The molecule has 1 aromatic rings. The average Bonchev–Trinajstić information content (AvgIpc) is 2.70. The predicted octanol–water partition coefficient (Wildman–Crippen LogP) is 2.22. The van der Waals surface area contributed by atoms with Crippen LogP contribution < -0.4 is 0 Å². The quantitative estimate of drug-likeness (QED) is 0.751. The molecule has 4 heteroatoms. The van der Waals surface area contributed by atoms with Crippen LogP contribution in [-0.4, -0.2) is 29.1 Å². The zero-order valence-electron chi connectivity index (χ0n) is 9.64. The molecule has 0 spiro atoms. The molecule has 0 saturated carbocycles. The summed E-state index contributed by atoms with van der Waals surface area (Å²) in [4.78, 5) is 12.5. The maximum atomic E-state index is 10.3. The van der Waals surface area contributed by atoms with Crippen LogP contribution in [0.4, 0.5) is 0 Å². The first-order chi connectivity index (χ1) is 7.65. The predicted molar refractivity (Wildman–Crippen MR) is 62.0 cm³/mol. The Bertz CT molecular complexity index is 364. The summed E-state index contributed by atoms with van der Waals surface area (Å²) in [6, 6.07) is 3.65. The smallest absolute Gasteiger partial charge is 0.328 e. The van der Waals surface area contributed by atoms with Gasteiger partial charge in [0.1, 0.15) is 11.5 Å². The number of carboxylic acids is 1. The third-order valence-electron chi connectivity index (χ3n) is 2.35. The highest BCUT2D eigenvalue weighted by atomic mass is 16.4. The summed E-state index contributed by atoms with van der Waals surface area (Å²) in [6.45, 7) is 6.89. The van der Waals surface area contributed by atoms with Gasteiger partial charge in [-0.15, -0.1) is 0 Å². The number of aliphatic carboxylic acids is 1. The molecule has 0 saturated heterocycles. The minimum Gasteiger partial charge on any atom is -0.478 e. The first-order valence-corrected chi connectivity index (χ1v) is 5.37.